The van der Waals surface area contributed by atoms with Gasteiger partial charge in [-0.2, -0.15) is 0 Å². The van der Waals surface area contributed by atoms with Crippen LogP contribution in [0.5, 0.6) is 0 Å². The molecular formula is C19H22N2O. The molecule has 1 aliphatic carbocycles. The Labute approximate surface area is 131 Å². The molecule has 3 nitrogen and oxygen atoms in total. The summed E-state index contributed by atoms with van der Waals surface area (Å²) in [4.78, 5) is 15.6. The maximum Gasteiger partial charge on any atom is 0.146 e. The predicted molar refractivity (Wildman–Crippen MR) is 87.0 cm³/mol. The molecule has 0 aromatic heterocycles. The Morgan fingerprint density at radius 3 is 3.09 bits per heavy atom. The van der Waals surface area contributed by atoms with Crippen LogP contribution < -0.4 is 5.32 Å². The molecule has 1 spiro atoms. The molecule has 1 saturated carbocycles. The van der Waals surface area contributed by atoms with Gasteiger partial charge in [0.05, 0.1) is 5.41 Å². The van der Waals surface area contributed by atoms with Gasteiger partial charge in [-0.1, -0.05) is 37.3 Å². The number of anilines is 1. The van der Waals surface area contributed by atoms with E-state index in [0.717, 1.165) is 19.5 Å². The summed E-state index contributed by atoms with van der Waals surface area (Å²) in [6.07, 6.45) is 7.23. The molecule has 3 heteroatoms. The van der Waals surface area contributed by atoms with E-state index in [1.165, 1.54) is 17.7 Å². The SMILES string of the molecule is CC[C@]12C=CCN3CC[C@@]4(c5ccccc5N[C@H]4CC1=O)[C@@H]32. The van der Waals surface area contributed by atoms with E-state index in [9.17, 15) is 4.79 Å². The second-order valence-corrected chi connectivity index (χ2v) is 7.35. The van der Waals surface area contributed by atoms with E-state index in [1.54, 1.807) is 0 Å². The molecule has 1 aromatic rings. The van der Waals surface area contributed by atoms with Gasteiger partial charge in [0.2, 0.25) is 0 Å². The quantitative estimate of drug-likeness (QED) is 0.808. The van der Waals surface area contributed by atoms with Crippen molar-refractivity contribution in [2.75, 3.05) is 18.4 Å². The van der Waals surface area contributed by atoms with Crippen LogP contribution in [0.15, 0.2) is 36.4 Å². The first-order chi connectivity index (χ1) is 10.7. The molecule has 3 aliphatic heterocycles. The highest BCUT2D eigenvalue weighted by Gasteiger charge is 2.68. The number of benzene rings is 1. The van der Waals surface area contributed by atoms with Crippen molar-refractivity contribution in [3.63, 3.8) is 0 Å². The van der Waals surface area contributed by atoms with Crippen LogP contribution in [0.1, 0.15) is 31.7 Å². The monoisotopic (exact) mass is 294 g/mol. The number of carbonyl (C=O) groups excluding carboxylic acids is 1. The molecule has 4 aliphatic rings. The standard InChI is InChI=1S/C19H22N2O/c1-2-18-8-5-10-21-11-9-19(17(18)21)13-6-3-4-7-14(13)20-15(19)12-16(18)22/h3-8,15,17,20H,2,9-12H2,1H3/t15-,17-,18-,19-/m0/s1. The average molecular weight is 294 g/mol. The summed E-state index contributed by atoms with van der Waals surface area (Å²) in [7, 11) is 0. The molecule has 0 bridgehead atoms. The molecule has 0 unspecified atom stereocenters. The zero-order valence-electron chi connectivity index (χ0n) is 13.0. The lowest BCUT2D eigenvalue weighted by Gasteiger charge is -2.54. The minimum atomic E-state index is -0.273. The molecule has 22 heavy (non-hydrogen) atoms. The number of Topliss-reactive ketones (excluding diaryl/α,β-unsaturated/α-hetero) is 1. The second kappa shape index (κ2) is 4.02. The van der Waals surface area contributed by atoms with Crippen LogP contribution in [0.25, 0.3) is 0 Å². The van der Waals surface area contributed by atoms with Gasteiger partial charge in [0.1, 0.15) is 5.78 Å². The summed E-state index contributed by atoms with van der Waals surface area (Å²) in [5, 5.41) is 3.69. The molecule has 3 heterocycles. The lowest BCUT2D eigenvalue weighted by atomic mass is 9.53. The van der Waals surface area contributed by atoms with Gasteiger partial charge in [0.15, 0.2) is 0 Å². The van der Waals surface area contributed by atoms with E-state index in [2.05, 4.69) is 53.6 Å². The summed E-state index contributed by atoms with van der Waals surface area (Å²) >= 11 is 0. The van der Waals surface area contributed by atoms with Crippen molar-refractivity contribution in [1.82, 2.24) is 4.90 Å². The van der Waals surface area contributed by atoms with E-state index < -0.39 is 0 Å². The number of ketones is 1. The number of nitrogens with zero attached hydrogens (tertiary/aromatic N) is 1. The van der Waals surface area contributed by atoms with Crippen LogP contribution in [0, 0.1) is 5.41 Å². The number of fused-ring (bicyclic) bond motifs is 1. The Morgan fingerprint density at radius 1 is 1.36 bits per heavy atom. The Kier molecular flexibility index (Phi) is 2.35. The van der Waals surface area contributed by atoms with Crippen molar-refractivity contribution in [2.45, 2.75) is 43.7 Å². The Balaban J connectivity index is 1.78. The molecule has 1 saturated heterocycles. The lowest BCUT2D eigenvalue weighted by molar-refractivity contribution is -0.135. The van der Waals surface area contributed by atoms with E-state index >= 15 is 0 Å². The third-order valence-corrected chi connectivity index (χ3v) is 6.78. The molecule has 2 fully saturated rings. The average Bonchev–Trinajstić information content (AvgIpc) is 3.09. The van der Waals surface area contributed by atoms with Crippen molar-refractivity contribution in [1.29, 1.82) is 0 Å². The number of para-hydroxylation sites is 1. The van der Waals surface area contributed by atoms with E-state index in [1.807, 2.05) is 0 Å². The minimum absolute atomic E-state index is 0.116. The normalized spacial score (nSPS) is 41.8. The largest absolute Gasteiger partial charge is 0.381 e. The zero-order valence-corrected chi connectivity index (χ0v) is 13.0. The van der Waals surface area contributed by atoms with Gasteiger partial charge in [-0.05, 0) is 31.0 Å². The summed E-state index contributed by atoms with van der Waals surface area (Å²) < 4.78 is 0. The van der Waals surface area contributed by atoms with E-state index in [0.29, 0.717) is 18.2 Å². The Bertz CT molecular complexity index is 696. The Hall–Kier alpha value is -1.61. The molecule has 1 N–H and O–H groups in total. The first kappa shape index (κ1) is 12.9. The van der Waals surface area contributed by atoms with Crippen LogP contribution in [0.3, 0.4) is 0 Å². The van der Waals surface area contributed by atoms with Gasteiger partial charge < -0.3 is 5.32 Å². The number of carbonyl (C=O) groups is 1. The van der Waals surface area contributed by atoms with Crippen molar-refractivity contribution in [2.24, 2.45) is 5.41 Å². The van der Waals surface area contributed by atoms with Gasteiger partial charge >= 0.3 is 0 Å². The first-order valence-electron chi connectivity index (χ1n) is 8.53. The van der Waals surface area contributed by atoms with Gasteiger partial charge in [0, 0.05) is 36.2 Å². The highest BCUT2D eigenvalue weighted by molar-refractivity contribution is 5.92. The van der Waals surface area contributed by atoms with Crippen molar-refractivity contribution < 1.29 is 4.79 Å². The number of hydrogen-bond acceptors (Lipinski definition) is 3. The predicted octanol–water partition coefficient (Wildman–Crippen LogP) is 2.73. The third kappa shape index (κ3) is 1.22. The van der Waals surface area contributed by atoms with Crippen molar-refractivity contribution in [3.8, 4) is 0 Å². The van der Waals surface area contributed by atoms with Gasteiger partial charge in [-0.25, -0.2) is 0 Å². The molecule has 0 amide bonds. The van der Waals surface area contributed by atoms with Crippen LogP contribution in [0.4, 0.5) is 5.69 Å². The lowest BCUT2D eigenvalue weighted by Crippen LogP contribution is -2.65. The fraction of sp³-hybridized carbons (Fsp3) is 0.526. The van der Waals surface area contributed by atoms with E-state index in [-0.39, 0.29) is 16.9 Å². The fourth-order valence-corrected chi connectivity index (χ4v) is 5.92. The molecular weight excluding hydrogens is 272 g/mol. The third-order valence-electron chi connectivity index (χ3n) is 6.78. The summed E-state index contributed by atoms with van der Waals surface area (Å²) in [6.45, 7) is 4.29. The first-order valence-corrected chi connectivity index (χ1v) is 8.53. The summed E-state index contributed by atoms with van der Waals surface area (Å²) in [6, 6.07) is 9.34. The van der Waals surface area contributed by atoms with Crippen LogP contribution in [-0.2, 0) is 10.2 Å². The Morgan fingerprint density at radius 2 is 2.23 bits per heavy atom. The maximum atomic E-state index is 13.1. The van der Waals surface area contributed by atoms with Crippen molar-refractivity contribution in [3.05, 3.63) is 42.0 Å². The molecule has 1 aromatic carbocycles. The van der Waals surface area contributed by atoms with Crippen LogP contribution in [-0.4, -0.2) is 35.9 Å². The molecule has 5 rings (SSSR count). The van der Waals surface area contributed by atoms with Gasteiger partial charge in [-0.3, -0.25) is 9.69 Å². The summed E-state index contributed by atoms with van der Waals surface area (Å²) in [5.74, 6) is 0.434. The van der Waals surface area contributed by atoms with Gasteiger partial charge in [0.25, 0.3) is 0 Å². The van der Waals surface area contributed by atoms with Gasteiger partial charge in [-0.15, -0.1) is 0 Å². The highest BCUT2D eigenvalue weighted by Crippen LogP contribution is 2.61. The molecule has 114 valence electrons. The molecule has 4 atom stereocenters. The second-order valence-electron chi connectivity index (χ2n) is 7.35. The fourth-order valence-electron chi connectivity index (χ4n) is 5.92. The number of rotatable bonds is 1. The summed E-state index contributed by atoms with van der Waals surface area (Å²) in [5.41, 5.74) is 2.55. The molecule has 0 radical (unpaired) electrons. The zero-order chi connectivity index (χ0) is 14.9. The smallest absolute Gasteiger partial charge is 0.146 e. The minimum Gasteiger partial charge on any atom is -0.381 e. The van der Waals surface area contributed by atoms with Crippen LogP contribution >= 0.6 is 0 Å². The van der Waals surface area contributed by atoms with E-state index in [4.69, 9.17) is 0 Å². The number of hydrogen-bond donors (Lipinski definition) is 1. The number of nitrogens with one attached hydrogen (secondary N) is 1. The van der Waals surface area contributed by atoms with Crippen LogP contribution in [0.2, 0.25) is 0 Å². The maximum absolute atomic E-state index is 13.1. The topological polar surface area (TPSA) is 32.3 Å². The van der Waals surface area contributed by atoms with Crippen molar-refractivity contribution >= 4 is 11.5 Å². The highest BCUT2D eigenvalue weighted by atomic mass is 16.1.